The molecule has 0 spiro atoms. The van der Waals surface area contributed by atoms with Crippen molar-refractivity contribution in [1.82, 2.24) is 0 Å². The Morgan fingerprint density at radius 1 is 1.70 bits per heavy atom. The molecule has 0 N–H and O–H groups in total. The van der Waals surface area contributed by atoms with Gasteiger partial charge in [0.1, 0.15) is 0 Å². The fourth-order valence-corrected chi connectivity index (χ4v) is 1.41. The van der Waals surface area contributed by atoms with Crippen LogP contribution in [0.25, 0.3) is 0 Å². The molecule has 10 heavy (non-hydrogen) atoms. The summed E-state index contributed by atoms with van der Waals surface area (Å²) in [6.07, 6.45) is 0. The van der Waals surface area contributed by atoms with E-state index in [1.807, 2.05) is 5.38 Å². The Labute approximate surface area is 63.5 Å². The Kier molecular flexibility index (Phi) is 2.81. The summed E-state index contributed by atoms with van der Waals surface area (Å²) in [6.45, 7) is 0. The molecule has 0 aromatic carbocycles. The van der Waals surface area contributed by atoms with Gasteiger partial charge in [0.2, 0.25) is 5.75 Å². The van der Waals surface area contributed by atoms with E-state index in [0.29, 0.717) is 5.75 Å². The van der Waals surface area contributed by atoms with Crippen molar-refractivity contribution in [3.8, 4) is 5.75 Å². The van der Waals surface area contributed by atoms with Crippen LogP contribution >= 0.6 is 19.6 Å². The molecule has 0 saturated heterocycles. The molecule has 0 aliphatic rings. The fourth-order valence-electron chi connectivity index (χ4n) is 0.427. The number of thiophene rings is 1. The topological polar surface area (TPSA) is 35.5 Å². The molecule has 0 amide bonds. The maximum atomic E-state index is 10.6. The van der Waals surface area contributed by atoms with Gasteiger partial charge >= 0.3 is 8.25 Å². The molecule has 0 aliphatic heterocycles. The molecule has 0 saturated carbocycles. The molecule has 1 atom stereocenters. The Balaban J connectivity index is 2.48. The minimum atomic E-state index is -1.97. The maximum Gasteiger partial charge on any atom is 0.749 e. The van der Waals surface area contributed by atoms with E-state index in [2.05, 4.69) is 4.52 Å². The van der Waals surface area contributed by atoms with Gasteiger partial charge in [-0.2, -0.15) is 0 Å². The summed E-state index contributed by atoms with van der Waals surface area (Å²) in [7, 11) is -0.634. The average molecular weight is 177 g/mol. The second-order valence-electron chi connectivity index (χ2n) is 1.46. The van der Waals surface area contributed by atoms with E-state index in [9.17, 15) is 4.57 Å². The molecular formula is C5H6O3PS+. The van der Waals surface area contributed by atoms with Gasteiger partial charge in [0, 0.05) is 9.95 Å². The molecule has 1 aromatic heterocycles. The van der Waals surface area contributed by atoms with Gasteiger partial charge in [-0.15, -0.1) is 15.9 Å². The molecule has 1 aromatic rings. The molecular weight excluding hydrogens is 171 g/mol. The zero-order chi connectivity index (χ0) is 7.40. The molecule has 1 rings (SSSR count). The normalized spacial score (nSPS) is 11.1. The van der Waals surface area contributed by atoms with Crippen LogP contribution in [0.3, 0.4) is 0 Å². The predicted molar refractivity (Wildman–Crippen MR) is 39.6 cm³/mol. The van der Waals surface area contributed by atoms with Gasteiger partial charge in [-0.25, -0.2) is 4.52 Å². The van der Waals surface area contributed by atoms with Crippen molar-refractivity contribution in [3.05, 3.63) is 16.8 Å². The van der Waals surface area contributed by atoms with Crippen LogP contribution in [-0.2, 0) is 9.09 Å². The van der Waals surface area contributed by atoms with Crippen molar-refractivity contribution in [3.63, 3.8) is 0 Å². The van der Waals surface area contributed by atoms with Crippen LogP contribution in [0.2, 0.25) is 0 Å². The minimum Gasteiger partial charge on any atom is -0.228 e. The number of hydrogen-bond acceptors (Lipinski definition) is 4. The lowest BCUT2D eigenvalue weighted by Gasteiger charge is -1.80. The lowest BCUT2D eigenvalue weighted by molar-refractivity contribution is 0.349. The molecule has 1 unspecified atom stereocenters. The first-order valence-electron chi connectivity index (χ1n) is 2.54. The van der Waals surface area contributed by atoms with Gasteiger partial charge in [0.25, 0.3) is 0 Å². The van der Waals surface area contributed by atoms with E-state index in [1.54, 1.807) is 11.4 Å². The standard InChI is InChI=1S/C5H6O3PS/c1-7-9(6)8-5-2-3-10-4-5/h2-4H,1H3/q+1. The van der Waals surface area contributed by atoms with Crippen LogP contribution in [-0.4, -0.2) is 7.11 Å². The van der Waals surface area contributed by atoms with Crippen molar-refractivity contribution in [2.45, 2.75) is 0 Å². The van der Waals surface area contributed by atoms with Crippen molar-refractivity contribution < 1.29 is 13.6 Å². The zero-order valence-electron chi connectivity index (χ0n) is 5.31. The lowest BCUT2D eigenvalue weighted by Crippen LogP contribution is -1.78. The van der Waals surface area contributed by atoms with E-state index in [4.69, 9.17) is 4.52 Å². The van der Waals surface area contributed by atoms with E-state index in [0.717, 1.165) is 0 Å². The largest absolute Gasteiger partial charge is 0.749 e. The first-order chi connectivity index (χ1) is 4.83. The van der Waals surface area contributed by atoms with Gasteiger partial charge < -0.3 is 0 Å². The molecule has 0 bridgehead atoms. The SMILES string of the molecule is CO[P+](=O)Oc1ccsc1. The highest BCUT2D eigenvalue weighted by Gasteiger charge is 2.18. The first-order valence-corrected chi connectivity index (χ1v) is 4.58. The first kappa shape index (κ1) is 7.66. The zero-order valence-corrected chi connectivity index (χ0v) is 7.02. The van der Waals surface area contributed by atoms with Gasteiger partial charge in [-0.1, -0.05) is 0 Å². The van der Waals surface area contributed by atoms with Crippen molar-refractivity contribution in [2.24, 2.45) is 0 Å². The molecule has 5 heteroatoms. The summed E-state index contributed by atoms with van der Waals surface area (Å²) in [5.41, 5.74) is 0. The Morgan fingerprint density at radius 2 is 2.50 bits per heavy atom. The second kappa shape index (κ2) is 3.66. The van der Waals surface area contributed by atoms with Crippen LogP contribution in [0.15, 0.2) is 16.8 Å². The number of rotatable bonds is 3. The van der Waals surface area contributed by atoms with Crippen LogP contribution in [0.5, 0.6) is 5.75 Å². The maximum absolute atomic E-state index is 10.6. The minimum absolute atomic E-state index is 0.591. The monoisotopic (exact) mass is 177 g/mol. The summed E-state index contributed by atoms with van der Waals surface area (Å²) in [6, 6.07) is 1.73. The third-order valence-corrected chi connectivity index (χ3v) is 2.14. The van der Waals surface area contributed by atoms with Crippen LogP contribution < -0.4 is 4.52 Å². The van der Waals surface area contributed by atoms with E-state index in [1.165, 1.54) is 18.4 Å². The summed E-state index contributed by atoms with van der Waals surface area (Å²) >= 11 is 1.48. The van der Waals surface area contributed by atoms with Crippen LogP contribution in [0.4, 0.5) is 0 Å². The van der Waals surface area contributed by atoms with Gasteiger partial charge in [0.15, 0.2) is 0 Å². The third kappa shape index (κ3) is 2.06. The van der Waals surface area contributed by atoms with Gasteiger partial charge in [0.05, 0.1) is 7.11 Å². The summed E-state index contributed by atoms with van der Waals surface area (Å²) in [4.78, 5) is 0. The number of hydrogen-bond donors (Lipinski definition) is 0. The predicted octanol–water partition coefficient (Wildman–Crippen LogP) is 2.43. The molecule has 0 aliphatic carbocycles. The third-order valence-electron chi connectivity index (χ3n) is 0.824. The Hall–Kier alpha value is -0.440. The molecule has 54 valence electrons. The smallest absolute Gasteiger partial charge is 0.228 e. The van der Waals surface area contributed by atoms with Crippen molar-refractivity contribution in [2.75, 3.05) is 7.11 Å². The highest BCUT2D eigenvalue weighted by molar-refractivity contribution is 7.33. The highest BCUT2D eigenvalue weighted by Crippen LogP contribution is 2.27. The molecule has 3 nitrogen and oxygen atoms in total. The summed E-state index contributed by atoms with van der Waals surface area (Å²) in [5, 5.41) is 3.60. The van der Waals surface area contributed by atoms with E-state index < -0.39 is 8.25 Å². The quantitative estimate of drug-likeness (QED) is 0.665. The van der Waals surface area contributed by atoms with Gasteiger partial charge in [-0.05, 0) is 11.4 Å². The van der Waals surface area contributed by atoms with Crippen molar-refractivity contribution >= 4 is 19.6 Å². The van der Waals surface area contributed by atoms with Gasteiger partial charge in [-0.3, -0.25) is 0 Å². The van der Waals surface area contributed by atoms with Crippen LogP contribution in [0, 0.1) is 0 Å². The fraction of sp³-hybridized carbons (Fsp3) is 0.200. The van der Waals surface area contributed by atoms with Crippen LogP contribution in [0.1, 0.15) is 0 Å². The van der Waals surface area contributed by atoms with E-state index >= 15 is 0 Å². The summed E-state index contributed by atoms with van der Waals surface area (Å²) in [5.74, 6) is 0.591. The molecule has 1 heterocycles. The Bertz CT molecular complexity index is 209. The molecule has 0 radical (unpaired) electrons. The second-order valence-corrected chi connectivity index (χ2v) is 3.23. The molecule has 0 fully saturated rings. The van der Waals surface area contributed by atoms with E-state index in [-0.39, 0.29) is 0 Å². The lowest BCUT2D eigenvalue weighted by atomic mass is 10.6. The highest BCUT2D eigenvalue weighted by atomic mass is 32.1. The van der Waals surface area contributed by atoms with Crippen molar-refractivity contribution in [1.29, 1.82) is 0 Å². The Morgan fingerprint density at radius 3 is 3.00 bits per heavy atom. The summed E-state index contributed by atoms with van der Waals surface area (Å²) < 4.78 is 19.8. The average Bonchev–Trinajstić information content (AvgIpc) is 2.40.